The van der Waals surface area contributed by atoms with Gasteiger partial charge in [0, 0.05) is 19.6 Å². The number of hydrogen-bond acceptors (Lipinski definition) is 3. The third kappa shape index (κ3) is 3.16. The smallest absolute Gasteiger partial charge is 0.324 e. The van der Waals surface area contributed by atoms with Gasteiger partial charge in [-0.15, -0.1) is 0 Å². The summed E-state index contributed by atoms with van der Waals surface area (Å²) >= 11 is 0. The fraction of sp³-hybridized carbons (Fsp3) is 0.263. The molecule has 0 saturated carbocycles. The molecule has 0 bridgehead atoms. The van der Waals surface area contributed by atoms with Crippen LogP contribution in [0.4, 0.5) is 18.9 Å². The van der Waals surface area contributed by atoms with Crippen molar-refractivity contribution in [1.82, 2.24) is 10.2 Å². The predicted molar refractivity (Wildman–Crippen MR) is 93.2 cm³/mol. The summed E-state index contributed by atoms with van der Waals surface area (Å²) in [6, 6.07) is 9.05. The van der Waals surface area contributed by atoms with E-state index in [4.69, 9.17) is 0 Å². The number of anilines is 1. The number of halogens is 3. The molecule has 0 radical (unpaired) electrons. The molecule has 2 aliphatic heterocycles. The van der Waals surface area contributed by atoms with E-state index in [9.17, 15) is 22.8 Å². The number of alkyl halides is 3. The molecule has 2 aromatic carbocycles. The van der Waals surface area contributed by atoms with Gasteiger partial charge in [-0.3, -0.25) is 9.59 Å². The molecule has 27 heavy (non-hydrogen) atoms. The summed E-state index contributed by atoms with van der Waals surface area (Å²) in [6.45, 7) is 1.34. The van der Waals surface area contributed by atoms with Gasteiger partial charge in [0.25, 0.3) is 5.91 Å². The predicted octanol–water partition coefficient (Wildman–Crippen LogP) is 2.74. The van der Waals surface area contributed by atoms with Gasteiger partial charge in [-0.05, 0) is 35.4 Å². The Morgan fingerprint density at radius 3 is 2.59 bits per heavy atom. The van der Waals surface area contributed by atoms with E-state index in [2.05, 4.69) is 10.6 Å². The number of fused-ring (bicyclic) bond motifs is 2. The van der Waals surface area contributed by atoms with E-state index in [1.807, 2.05) is 0 Å². The van der Waals surface area contributed by atoms with Crippen LogP contribution < -0.4 is 10.6 Å². The van der Waals surface area contributed by atoms with Gasteiger partial charge in [-0.25, -0.2) is 0 Å². The Bertz CT molecular complexity index is 927. The molecule has 1 atom stereocenters. The lowest BCUT2D eigenvalue weighted by molar-refractivity contribution is -0.137. The third-order valence-electron chi connectivity index (χ3n) is 4.84. The van der Waals surface area contributed by atoms with Gasteiger partial charge in [0.1, 0.15) is 6.04 Å². The van der Waals surface area contributed by atoms with Crippen LogP contribution in [0.25, 0.3) is 11.1 Å². The van der Waals surface area contributed by atoms with Crippen LogP contribution in [0.1, 0.15) is 15.9 Å². The molecule has 2 heterocycles. The van der Waals surface area contributed by atoms with Gasteiger partial charge in [0.05, 0.1) is 16.8 Å². The second kappa shape index (κ2) is 6.38. The molecular formula is C19H16F3N3O2. The zero-order chi connectivity index (χ0) is 19.2. The first-order valence-electron chi connectivity index (χ1n) is 8.49. The van der Waals surface area contributed by atoms with Crippen molar-refractivity contribution in [2.24, 2.45) is 0 Å². The van der Waals surface area contributed by atoms with E-state index in [0.29, 0.717) is 36.4 Å². The molecule has 2 N–H and O–H groups in total. The molecule has 1 saturated heterocycles. The summed E-state index contributed by atoms with van der Waals surface area (Å²) < 4.78 is 39.0. The van der Waals surface area contributed by atoms with Crippen molar-refractivity contribution in [3.8, 4) is 11.1 Å². The number of carbonyl (C=O) groups is 2. The number of nitrogens with one attached hydrogen (secondary N) is 2. The highest BCUT2D eigenvalue weighted by Gasteiger charge is 2.37. The molecule has 2 aromatic rings. The molecule has 8 heteroatoms. The second-order valence-electron chi connectivity index (χ2n) is 6.55. The topological polar surface area (TPSA) is 61.4 Å². The van der Waals surface area contributed by atoms with Gasteiger partial charge >= 0.3 is 6.18 Å². The summed E-state index contributed by atoms with van der Waals surface area (Å²) in [5.74, 6) is -0.579. The zero-order valence-electron chi connectivity index (χ0n) is 14.1. The maximum Gasteiger partial charge on any atom is 0.416 e. The van der Waals surface area contributed by atoms with Gasteiger partial charge < -0.3 is 15.5 Å². The van der Waals surface area contributed by atoms with Crippen molar-refractivity contribution >= 4 is 17.5 Å². The number of piperazine rings is 1. The van der Waals surface area contributed by atoms with Crippen molar-refractivity contribution in [3.05, 3.63) is 53.6 Å². The van der Waals surface area contributed by atoms with E-state index < -0.39 is 17.8 Å². The van der Waals surface area contributed by atoms with Crippen LogP contribution in [0.2, 0.25) is 0 Å². The third-order valence-corrected chi connectivity index (χ3v) is 4.84. The Hall–Kier alpha value is -2.87. The Morgan fingerprint density at radius 1 is 1.04 bits per heavy atom. The number of amides is 2. The second-order valence-corrected chi connectivity index (χ2v) is 6.55. The first kappa shape index (κ1) is 17.5. The van der Waals surface area contributed by atoms with Gasteiger partial charge in [0.15, 0.2) is 0 Å². The standard InChI is InChI=1S/C19H16F3N3O2/c20-19(21,22)13-3-1-2-11(8-13)12-4-5-15-14(9-12)18(27)25-7-6-23-10-16(25)17(26)24-15/h1-5,8-9,16,23H,6-7,10H2,(H,24,26)/t16-/m1/s1. The van der Waals surface area contributed by atoms with Crippen molar-refractivity contribution in [2.45, 2.75) is 12.2 Å². The lowest BCUT2D eigenvalue weighted by atomic mass is 9.99. The highest BCUT2D eigenvalue weighted by atomic mass is 19.4. The maximum atomic E-state index is 13.0. The van der Waals surface area contributed by atoms with Gasteiger partial charge in [-0.1, -0.05) is 18.2 Å². The highest BCUT2D eigenvalue weighted by molar-refractivity contribution is 6.10. The minimum Gasteiger partial charge on any atom is -0.324 e. The van der Waals surface area contributed by atoms with Gasteiger partial charge in [-0.2, -0.15) is 13.2 Å². The highest BCUT2D eigenvalue weighted by Crippen LogP contribution is 2.34. The van der Waals surface area contributed by atoms with Crippen LogP contribution in [0.5, 0.6) is 0 Å². The van der Waals surface area contributed by atoms with Crippen molar-refractivity contribution in [2.75, 3.05) is 25.0 Å². The zero-order valence-corrected chi connectivity index (χ0v) is 14.1. The van der Waals surface area contributed by atoms with Crippen molar-refractivity contribution < 1.29 is 22.8 Å². The summed E-state index contributed by atoms with van der Waals surface area (Å²) in [5.41, 5.74) is 0.735. The summed E-state index contributed by atoms with van der Waals surface area (Å²) in [7, 11) is 0. The lowest BCUT2D eigenvalue weighted by Gasteiger charge is -2.33. The minimum absolute atomic E-state index is 0.277. The fourth-order valence-corrected chi connectivity index (χ4v) is 3.44. The number of hydrogen-bond donors (Lipinski definition) is 2. The molecule has 0 aromatic heterocycles. The van der Waals surface area contributed by atoms with Crippen LogP contribution in [-0.2, 0) is 11.0 Å². The first-order valence-corrected chi connectivity index (χ1v) is 8.49. The quantitative estimate of drug-likeness (QED) is 0.806. The SMILES string of the molecule is O=C1Nc2ccc(-c3cccc(C(F)(F)F)c3)cc2C(=O)N2CCNC[C@H]12. The number of carbonyl (C=O) groups excluding carboxylic acids is 2. The lowest BCUT2D eigenvalue weighted by Crippen LogP contribution is -2.57. The Labute approximate surface area is 153 Å². The molecule has 4 rings (SSSR count). The minimum atomic E-state index is -4.44. The average molecular weight is 375 g/mol. The van der Waals surface area contributed by atoms with E-state index in [0.717, 1.165) is 12.1 Å². The number of rotatable bonds is 1. The van der Waals surface area contributed by atoms with Crippen molar-refractivity contribution in [3.63, 3.8) is 0 Å². The number of benzene rings is 2. The largest absolute Gasteiger partial charge is 0.416 e. The molecular weight excluding hydrogens is 359 g/mol. The van der Waals surface area contributed by atoms with Crippen LogP contribution in [0.15, 0.2) is 42.5 Å². The normalized spacial score (nSPS) is 19.8. The summed E-state index contributed by atoms with van der Waals surface area (Å²) in [5, 5.41) is 5.83. The van der Waals surface area contributed by atoms with Crippen molar-refractivity contribution in [1.29, 1.82) is 0 Å². The molecule has 0 unspecified atom stereocenters. The van der Waals surface area contributed by atoms with Crippen LogP contribution in [-0.4, -0.2) is 42.4 Å². The van der Waals surface area contributed by atoms with E-state index >= 15 is 0 Å². The summed E-state index contributed by atoms with van der Waals surface area (Å²) in [6.07, 6.45) is -4.44. The Morgan fingerprint density at radius 2 is 1.81 bits per heavy atom. The Kier molecular flexibility index (Phi) is 4.15. The first-order chi connectivity index (χ1) is 12.8. The monoisotopic (exact) mass is 375 g/mol. The van der Waals surface area contributed by atoms with Crippen LogP contribution >= 0.6 is 0 Å². The number of nitrogens with zero attached hydrogens (tertiary/aromatic N) is 1. The molecule has 2 amide bonds. The molecule has 0 spiro atoms. The van der Waals surface area contributed by atoms with Crippen LogP contribution in [0, 0.1) is 0 Å². The molecule has 5 nitrogen and oxygen atoms in total. The maximum absolute atomic E-state index is 13.0. The van der Waals surface area contributed by atoms with E-state index in [1.54, 1.807) is 18.2 Å². The average Bonchev–Trinajstić information content (AvgIpc) is 2.76. The van der Waals surface area contributed by atoms with E-state index in [1.165, 1.54) is 17.0 Å². The molecule has 2 aliphatic rings. The Balaban J connectivity index is 1.76. The summed E-state index contributed by atoms with van der Waals surface area (Å²) in [4.78, 5) is 26.9. The van der Waals surface area contributed by atoms with E-state index in [-0.39, 0.29) is 17.4 Å². The molecule has 0 aliphatic carbocycles. The molecule has 1 fully saturated rings. The fourth-order valence-electron chi connectivity index (χ4n) is 3.44. The van der Waals surface area contributed by atoms with Crippen LogP contribution in [0.3, 0.4) is 0 Å². The van der Waals surface area contributed by atoms with Gasteiger partial charge in [0.2, 0.25) is 5.91 Å². The molecule has 140 valence electrons.